The van der Waals surface area contributed by atoms with Gasteiger partial charge in [-0.15, -0.1) is 11.8 Å². The molecule has 0 aromatic heterocycles. The number of rotatable bonds is 6. The van der Waals surface area contributed by atoms with E-state index < -0.39 is 0 Å². The molecule has 90 valence electrons. The Morgan fingerprint density at radius 3 is 2.56 bits per heavy atom. The van der Waals surface area contributed by atoms with Crippen LogP contribution in [0.1, 0.15) is 37.3 Å². The van der Waals surface area contributed by atoms with Gasteiger partial charge in [-0.3, -0.25) is 0 Å². The highest BCUT2D eigenvalue weighted by Crippen LogP contribution is 2.22. The van der Waals surface area contributed by atoms with Crippen LogP contribution in [0.5, 0.6) is 0 Å². The van der Waals surface area contributed by atoms with Gasteiger partial charge >= 0.3 is 0 Å². The first-order valence-electron chi connectivity index (χ1n) is 6.05. The molecule has 0 spiro atoms. The quantitative estimate of drug-likeness (QED) is 0.599. The van der Waals surface area contributed by atoms with E-state index in [4.69, 9.17) is 5.73 Å². The van der Waals surface area contributed by atoms with Crippen LogP contribution in [0.15, 0.2) is 23.1 Å². The minimum Gasteiger partial charge on any atom is -0.328 e. The van der Waals surface area contributed by atoms with Gasteiger partial charge in [0.1, 0.15) is 0 Å². The molecule has 0 amide bonds. The fourth-order valence-corrected chi connectivity index (χ4v) is 2.57. The lowest BCUT2D eigenvalue weighted by Gasteiger charge is -2.06. The molecule has 0 aliphatic carbocycles. The lowest BCUT2D eigenvalue weighted by atomic mass is 10.1. The van der Waals surface area contributed by atoms with Crippen LogP contribution < -0.4 is 5.73 Å². The second kappa shape index (κ2) is 6.97. The maximum absolute atomic E-state index is 5.72. The molecule has 0 radical (unpaired) electrons. The Hall–Kier alpha value is -0.470. The van der Waals surface area contributed by atoms with Gasteiger partial charge in [-0.1, -0.05) is 12.5 Å². The summed E-state index contributed by atoms with van der Waals surface area (Å²) in [4.78, 5) is 1.39. The topological polar surface area (TPSA) is 26.0 Å². The van der Waals surface area contributed by atoms with E-state index in [0.717, 1.165) is 6.42 Å². The monoisotopic (exact) mass is 237 g/mol. The van der Waals surface area contributed by atoms with Crippen LogP contribution >= 0.6 is 11.8 Å². The van der Waals surface area contributed by atoms with Crippen molar-refractivity contribution < 1.29 is 0 Å². The van der Waals surface area contributed by atoms with Crippen molar-refractivity contribution >= 4 is 11.8 Å². The van der Waals surface area contributed by atoms with Gasteiger partial charge in [-0.05, 0) is 62.6 Å². The fourth-order valence-electron chi connectivity index (χ4n) is 1.56. The second-order valence-corrected chi connectivity index (χ2v) is 5.74. The SMILES string of the molecule is Cc1ccc(SCCCCC(C)N)cc1C. The van der Waals surface area contributed by atoms with Crippen molar-refractivity contribution in [3.8, 4) is 0 Å². The predicted octanol–water partition coefficient (Wildman–Crippen LogP) is 3.91. The average Bonchev–Trinajstić information content (AvgIpc) is 2.22. The molecule has 2 N–H and O–H groups in total. The largest absolute Gasteiger partial charge is 0.328 e. The van der Waals surface area contributed by atoms with Crippen molar-refractivity contribution in [2.24, 2.45) is 5.73 Å². The first-order valence-corrected chi connectivity index (χ1v) is 7.04. The van der Waals surface area contributed by atoms with Crippen molar-refractivity contribution in [2.45, 2.75) is 51.0 Å². The molecule has 1 rings (SSSR count). The Morgan fingerprint density at radius 2 is 1.94 bits per heavy atom. The van der Waals surface area contributed by atoms with Gasteiger partial charge in [0.15, 0.2) is 0 Å². The van der Waals surface area contributed by atoms with E-state index in [1.54, 1.807) is 0 Å². The fraction of sp³-hybridized carbons (Fsp3) is 0.571. The third-order valence-corrected chi connectivity index (χ3v) is 3.88. The van der Waals surface area contributed by atoms with Crippen LogP contribution in [0.25, 0.3) is 0 Å². The summed E-state index contributed by atoms with van der Waals surface area (Å²) in [5.41, 5.74) is 8.48. The van der Waals surface area contributed by atoms with E-state index in [9.17, 15) is 0 Å². The lowest BCUT2D eigenvalue weighted by molar-refractivity contribution is 0.618. The van der Waals surface area contributed by atoms with Gasteiger partial charge < -0.3 is 5.73 Å². The Labute approximate surface area is 104 Å². The summed E-state index contributed by atoms with van der Waals surface area (Å²) in [6.07, 6.45) is 3.65. The first-order chi connectivity index (χ1) is 7.59. The summed E-state index contributed by atoms with van der Waals surface area (Å²) in [6.45, 7) is 6.42. The lowest BCUT2D eigenvalue weighted by Crippen LogP contribution is -2.13. The number of hydrogen-bond donors (Lipinski definition) is 1. The molecule has 1 unspecified atom stereocenters. The Morgan fingerprint density at radius 1 is 1.19 bits per heavy atom. The normalized spacial score (nSPS) is 12.8. The molecule has 0 bridgehead atoms. The molecule has 1 atom stereocenters. The Kier molecular flexibility index (Phi) is 5.93. The summed E-state index contributed by atoms with van der Waals surface area (Å²) in [5.74, 6) is 1.20. The molecule has 1 nitrogen and oxygen atoms in total. The zero-order chi connectivity index (χ0) is 12.0. The van der Waals surface area contributed by atoms with Gasteiger partial charge in [0, 0.05) is 10.9 Å². The molecule has 2 heteroatoms. The predicted molar refractivity (Wildman–Crippen MR) is 74.1 cm³/mol. The maximum atomic E-state index is 5.72. The van der Waals surface area contributed by atoms with E-state index in [2.05, 4.69) is 39.0 Å². The highest BCUT2D eigenvalue weighted by atomic mass is 32.2. The first kappa shape index (κ1) is 13.6. The Bertz CT molecular complexity index is 321. The number of aryl methyl sites for hydroxylation is 2. The van der Waals surface area contributed by atoms with E-state index >= 15 is 0 Å². The second-order valence-electron chi connectivity index (χ2n) is 4.57. The zero-order valence-electron chi connectivity index (χ0n) is 10.6. The van der Waals surface area contributed by atoms with Crippen LogP contribution in [-0.2, 0) is 0 Å². The van der Waals surface area contributed by atoms with E-state index in [-0.39, 0.29) is 0 Å². The number of thioether (sulfide) groups is 1. The van der Waals surface area contributed by atoms with Crippen LogP contribution in [-0.4, -0.2) is 11.8 Å². The summed E-state index contributed by atoms with van der Waals surface area (Å²) in [6, 6.07) is 7.07. The third kappa shape index (κ3) is 5.04. The van der Waals surface area contributed by atoms with Gasteiger partial charge in [0.05, 0.1) is 0 Å². The van der Waals surface area contributed by atoms with Gasteiger partial charge in [-0.25, -0.2) is 0 Å². The number of hydrogen-bond acceptors (Lipinski definition) is 2. The average molecular weight is 237 g/mol. The van der Waals surface area contributed by atoms with Crippen molar-refractivity contribution in [3.05, 3.63) is 29.3 Å². The minimum absolute atomic E-state index is 0.353. The van der Waals surface area contributed by atoms with Crippen LogP contribution in [0.3, 0.4) is 0 Å². The molecule has 0 aliphatic rings. The molecule has 16 heavy (non-hydrogen) atoms. The highest BCUT2D eigenvalue weighted by molar-refractivity contribution is 7.99. The standard InChI is InChI=1S/C14H23NS/c1-11-7-8-14(10-12(11)2)16-9-5-4-6-13(3)15/h7-8,10,13H,4-6,9,15H2,1-3H3. The molecule has 1 aromatic rings. The van der Waals surface area contributed by atoms with Crippen LogP contribution in [0.2, 0.25) is 0 Å². The van der Waals surface area contributed by atoms with Crippen molar-refractivity contribution in [1.82, 2.24) is 0 Å². The Balaban J connectivity index is 2.24. The molecular weight excluding hydrogens is 214 g/mol. The maximum Gasteiger partial charge on any atom is 0.00747 e. The summed E-state index contributed by atoms with van der Waals surface area (Å²) in [5, 5.41) is 0. The highest BCUT2D eigenvalue weighted by Gasteiger charge is 1.98. The van der Waals surface area contributed by atoms with Crippen LogP contribution in [0, 0.1) is 13.8 Å². The van der Waals surface area contributed by atoms with Crippen molar-refractivity contribution in [3.63, 3.8) is 0 Å². The molecular formula is C14H23NS. The molecule has 0 saturated heterocycles. The third-order valence-electron chi connectivity index (χ3n) is 2.80. The summed E-state index contributed by atoms with van der Waals surface area (Å²) < 4.78 is 0. The van der Waals surface area contributed by atoms with Gasteiger partial charge in [-0.2, -0.15) is 0 Å². The number of nitrogens with two attached hydrogens (primary N) is 1. The van der Waals surface area contributed by atoms with Gasteiger partial charge in [0.2, 0.25) is 0 Å². The molecule has 0 fully saturated rings. The zero-order valence-corrected chi connectivity index (χ0v) is 11.4. The van der Waals surface area contributed by atoms with E-state index in [1.165, 1.54) is 34.6 Å². The minimum atomic E-state index is 0.353. The summed E-state index contributed by atoms with van der Waals surface area (Å²) >= 11 is 1.95. The molecule has 0 heterocycles. The van der Waals surface area contributed by atoms with Gasteiger partial charge in [0.25, 0.3) is 0 Å². The molecule has 1 aromatic carbocycles. The molecule has 0 saturated carbocycles. The smallest absolute Gasteiger partial charge is 0.00747 e. The van der Waals surface area contributed by atoms with Crippen LogP contribution in [0.4, 0.5) is 0 Å². The summed E-state index contributed by atoms with van der Waals surface area (Å²) in [7, 11) is 0. The van der Waals surface area contributed by atoms with Crippen molar-refractivity contribution in [2.75, 3.05) is 5.75 Å². The number of unbranched alkanes of at least 4 members (excludes halogenated alkanes) is 1. The van der Waals surface area contributed by atoms with E-state index in [1.807, 2.05) is 11.8 Å². The number of benzene rings is 1. The van der Waals surface area contributed by atoms with Crippen molar-refractivity contribution in [1.29, 1.82) is 0 Å². The van der Waals surface area contributed by atoms with E-state index in [0.29, 0.717) is 6.04 Å². The molecule has 0 aliphatic heterocycles.